The van der Waals surface area contributed by atoms with Crippen LogP contribution in [0.4, 0.5) is 17.6 Å². The van der Waals surface area contributed by atoms with Crippen LogP contribution < -0.4 is 4.74 Å². The quantitative estimate of drug-likeness (QED) is 0.731. The van der Waals surface area contributed by atoms with Gasteiger partial charge in [0.05, 0.1) is 0 Å². The van der Waals surface area contributed by atoms with Crippen molar-refractivity contribution in [3.05, 3.63) is 65.5 Å². The minimum Gasteiger partial charge on any atom is -0.406 e. The highest BCUT2D eigenvalue weighted by Gasteiger charge is 2.31. The fourth-order valence-corrected chi connectivity index (χ4v) is 3.19. The fraction of sp³-hybridized carbons (Fsp3) is 0.350. The summed E-state index contributed by atoms with van der Waals surface area (Å²) in [5.41, 5.74) is 1.19. The molecule has 4 nitrogen and oxygen atoms in total. The number of carbonyl (C=O) groups is 1. The molecule has 0 spiro atoms. The average molecular weight is 396 g/mol. The second-order valence-electron chi connectivity index (χ2n) is 6.62. The van der Waals surface area contributed by atoms with Gasteiger partial charge in [0.15, 0.2) is 0 Å². The molecule has 3 rings (SSSR count). The summed E-state index contributed by atoms with van der Waals surface area (Å²) in [6.45, 7) is 3.03. The molecular formula is C20H20F4N2O2. The van der Waals surface area contributed by atoms with Gasteiger partial charge in [-0.05, 0) is 42.3 Å². The van der Waals surface area contributed by atoms with Crippen molar-refractivity contribution in [3.63, 3.8) is 0 Å². The summed E-state index contributed by atoms with van der Waals surface area (Å²) in [6, 6.07) is 11.4. The summed E-state index contributed by atoms with van der Waals surface area (Å²) in [5, 5.41) is 0. The van der Waals surface area contributed by atoms with E-state index in [9.17, 15) is 22.4 Å². The molecule has 0 aromatic heterocycles. The molecule has 0 bridgehead atoms. The first kappa shape index (κ1) is 20.1. The summed E-state index contributed by atoms with van der Waals surface area (Å²) >= 11 is 0. The first-order valence-corrected chi connectivity index (χ1v) is 8.92. The third-order valence-electron chi connectivity index (χ3n) is 4.51. The van der Waals surface area contributed by atoms with Gasteiger partial charge in [0.2, 0.25) is 0 Å². The fourth-order valence-electron chi connectivity index (χ4n) is 3.19. The highest BCUT2D eigenvalue weighted by atomic mass is 19.4. The molecule has 1 amide bonds. The van der Waals surface area contributed by atoms with Gasteiger partial charge >= 0.3 is 6.36 Å². The van der Waals surface area contributed by atoms with Gasteiger partial charge in [-0.25, -0.2) is 4.39 Å². The zero-order valence-electron chi connectivity index (χ0n) is 15.1. The summed E-state index contributed by atoms with van der Waals surface area (Å²) < 4.78 is 53.9. The van der Waals surface area contributed by atoms with Gasteiger partial charge in [-0.1, -0.05) is 18.2 Å². The number of halogens is 4. The lowest BCUT2D eigenvalue weighted by Gasteiger charge is -2.22. The van der Waals surface area contributed by atoms with E-state index in [1.807, 2.05) is 0 Å². The van der Waals surface area contributed by atoms with Crippen LogP contribution in [0.3, 0.4) is 0 Å². The molecule has 1 saturated heterocycles. The van der Waals surface area contributed by atoms with E-state index in [4.69, 9.17) is 0 Å². The maximum atomic E-state index is 13.3. The molecule has 150 valence electrons. The van der Waals surface area contributed by atoms with E-state index in [-0.39, 0.29) is 11.7 Å². The number of carbonyl (C=O) groups excluding carboxylic acids is 1. The number of amides is 1. The van der Waals surface area contributed by atoms with Crippen LogP contribution in [0.25, 0.3) is 0 Å². The molecule has 0 radical (unpaired) electrons. The Hall–Kier alpha value is -2.61. The standard InChI is InChI=1S/C20H20F4N2O2/c21-17-4-1-3-16(13-17)19(27)26-10-2-9-25(11-12-26)14-15-5-7-18(8-6-15)28-20(22,23)24/h1,3-8,13H,2,9-12,14H2. The molecule has 0 aliphatic carbocycles. The van der Waals surface area contributed by atoms with Crippen LogP contribution in [0.2, 0.25) is 0 Å². The molecular weight excluding hydrogens is 376 g/mol. The Morgan fingerprint density at radius 3 is 2.43 bits per heavy atom. The number of ether oxygens (including phenoxy) is 1. The Labute approximate surface area is 160 Å². The minimum absolute atomic E-state index is 0.199. The lowest BCUT2D eigenvalue weighted by molar-refractivity contribution is -0.274. The van der Waals surface area contributed by atoms with Crippen molar-refractivity contribution in [1.82, 2.24) is 9.80 Å². The van der Waals surface area contributed by atoms with Crippen LogP contribution in [0.5, 0.6) is 5.75 Å². The second-order valence-corrected chi connectivity index (χ2v) is 6.62. The van der Waals surface area contributed by atoms with Gasteiger partial charge in [-0.2, -0.15) is 0 Å². The van der Waals surface area contributed by atoms with Crippen LogP contribution in [-0.2, 0) is 6.54 Å². The minimum atomic E-state index is -4.70. The van der Waals surface area contributed by atoms with Crippen LogP contribution in [0.15, 0.2) is 48.5 Å². The number of nitrogens with zero attached hydrogens (tertiary/aromatic N) is 2. The predicted octanol–water partition coefficient (Wildman–Crippen LogP) is 4.07. The highest BCUT2D eigenvalue weighted by Crippen LogP contribution is 2.23. The molecule has 1 aliphatic rings. The number of alkyl halides is 3. The number of hydrogen-bond donors (Lipinski definition) is 0. The van der Waals surface area contributed by atoms with Gasteiger partial charge in [0, 0.05) is 38.3 Å². The number of rotatable bonds is 4. The smallest absolute Gasteiger partial charge is 0.406 e. The SMILES string of the molecule is O=C(c1cccc(F)c1)N1CCCN(Cc2ccc(OC(F)(F)F)cc2)CC1. The molecule has 8 heteroatoms. The topological polar surface area (TPSA) is 32.8 Å². The molecule has 1 heterocycles. The van der Waals surface area contributed by atoms with Crippen molar-refractivity contribution in [3.8, 4) is 5.75 Å². The van der Waals surface area contributed by atoms with Crippen LogP contribution in [0, 0.1) is 5.82 Å². The van der Waals surface area contributed by atoms with E-state index < -0.39 is 12.2 Å². The van der Waals surface area contributed by atoms with E-state index in [0.717, 1.165) is 18.5 Å². The van der Waals surface area contributed by atoms with Crippen LogP contribution in [-0.4, -0.2) is 48.2 Å². The maximum Gasteiger partial charge on any atom is 0.573 e. The zero-order valence-corrected chi connectivity index (χ0v) is 15.1. The molecule has 2 aromatic carbocycles. The zero-order chi connectivity index (χ0) is 20.1. The molecule has 0 saturated carbocycles. The summed E-state index contributed by atoms with van der Waals surface area (Å²) in [5.74, 6) is -0.894. The third kappa shape index (κ3) is 5.69. The number of hydrogen-bond acceptors (Lipinski definition) is 3. The van der Waals surface area contributed by atoms with Gasteiger partial charge in [0.25, 0.3) is 5.91 Å². The third-order valence-corrected chi connectivity index (χ3v) is 4.51. The Balaban J connectivity index is 1.56. The Bertz CT molecular complexity index is 809. The number of benzene rings is 2. The van der Waals surface area contributed by atoms with Gasteiger partial charge in [0.1, 0.15) is 11.6 Å². The van der Waals surface area contributed by atoms with Crippen LogP contribution in [0.1, 0.15) is 22.3 Å². The van der Waals surface area contributed by atoms with Crippen molar-refractivity contribution in [2.75, 3.05) is 26.2 Å². The molecule has 0 unspecified atom stereocenters. The van der Waals surface area contributed by atoms with Crippen molar-refractivity contribution in [2.24, 2.45) is 0 Å². The Morgan fingerprint density at radius 2 is 1.75 bits per heavy atom. The average Bonchev–Trinajstić information content (AvgIpc) is 2.87. The Kier molecular flexibility index (Phi) is 6.18. The van der Waals surface area contributed by atoms with Crippen LogP contribution >= 0.6 is 0 Å². The predicted molar refractivity (Wildman–Crippen MR) is 95.3 cm³/mol. The van der Waals surface area contributed by atoms with Gasteiger partial charge in [-0.3, -0.25) is 9.69 Å². The molecule has 28 heavy (non-hydrogen) atoms. The largest absolute Gasteiger partial charge is 0.573 e. The first-order chi connectivity index (χ1) is 13.3. The normalized spacial score (nSPS) is 15.9. The van der Waals surface area contributed by atoms with E-state index >= 15 is 0 Å². The maximum absolute atomic E-state index is 13.3. The van der Waals surface area contributed by atoms with Crippen molar-refractivity contribution in [2.45, 2.75) is 19.3 Å². The lowest BCUT2D eigenvalue weighted by Crippen LogP contribution is -2.35. The second kappa shape index (κ2) is 8.60. The summed E-state index contributed by atoms with van der Waals surface area (Å²) in [4.78, 5) is 16.4. The van der Waals surface area contributed by atoms with Crippen molar-refractivity contribution < 1.29 is 27.1 Å². The highest BCUT2D eigenvalue weighted by molar-refractivity contribution is 5.94. The molecule has 1 aliphatic heterocycles. The monoisotopic (exact) mass is 396 g/mol. The Morgan fingerprint density at radius 1 is 1.00 bits per heavy atom. The van der Waals surface area contributed by atoms with E-state index in [1.54, 1.807) is 23.1 Å². The van der Waals surface area contributed by atoms with E-state index in [1.165, 1.54) is 30.3 Å². The van der Waals surface area contributed by atoms with E-state index in [0.29, 0.717) is 31.7 Å². The lowest BCUT2D eigenvalue weighted by atomic mass is 10.2. The summed E-state index contributed by atoms with van der Waals surface area (Å²) in [6.07, 6.45) is -3.94. The molecule has 2 aromatic rings. The molecule has 0 N–H and O–H groups in total. The van der Waals surface area contributed by atoms with Crippen molar-refractivity contribution in [1.29, 1.82) is 0 Å². The summed E-state index contributed by atoms with van der Waals surface area (Å²) in [7, 11) is 0. The van der Waals surface area contributed by atoms with E-state index in [2.05, 4.69) is 9.64 Å². The van der Waals surface area contributed by atoms with Gasteiger partial charge in [-0.15, -0.1) is 13.2 Å². The van der Waals surface area contributed by atoms with Crippen molar-refractivity contribution >= 4 is 5.91 Å². The first-order valence-electron chi connectivity index (χ1n) is 8.92. The van der Waals surface area contributed by atoms with Gasteiger partial charge < -0.3 is 9.64 Å². The molecule has 0 atom stereocenters. The molecule has 1 fully saturated rings.